The third kappa shape index (κ3) is 10.2. The van der Waals surface area contributed by atoms with Crippen molar-refractivity contribution in [2.75, 3.05) is 6.61 Å². The molecule has 0 saturated carbocycles. The molecule has 0 aliphatic carbocycles. The van der Waals surface area contributed by atoms with Gasteiger partial charge in [-0.15, -0.1) is 0 Å². The summed E-state index contributed by atoms with van der Waals surface area (Å²) >= 11 is 0. The van der Waals surface area contributed by atoms with E-state index < -0.39 is 72.8 Å². The van der Waals surface area contributed by atoms with Gasteiger partial charge in [-0.05, 0) is 18.3 Å². The number of aliphatic carboxylic acids is 2. The van der Waals surface area contributed by atoms with E-state index in [2.05, 4.69) is 16.0 Å². The SMILES string of the molecule is CCC(C)C(NC(=O)C(CO)NC(=O)C(CC(=O)O)NC(=O)C(N)CC(C)C)C(=O)O. The van der Waals surface area contributed by atoms with Gasteiger partial charge >= 0.3 is 11.9 Å². The minimum atomic E-state index is -1.55. The lowest BCUT2D eigenvalue weighted by atomic mass is 9.99. The van der Waals surface area contributed by atoms with Gasteiger partial charge < -0.3 is 37.0 Å². The van der Waals surface area contributed by atoms with Crippen LogP contribution >= 0.6 is 0 Å². The van der Waals surface area contributed by atoms with E-state index in [1.807, 2.05) is 13.8 Å². The molecular weight excluding hydrogens is 412 g/mol. The molecule has 0 spiro atoms. The fourth-order valence-corrected chi connectivity index (χ4v) is 2.68. The summed E-state index contributed by atoms with van der Waals surface area (Å²) in [6.07, 6.45) is -0.0196. The number of nitrogens with two attached hydrogens (primary N) is 1. The van der Waals surface area contributed by atoms with Gasteiger partial charge in [0.15, 0.2) is 0 Å². The maximum atomic E-state index is 12.5. The number of hydrogen-bond acceptors (Lipinski definition) is 7. The number of carboxylic acid groups (broad SMARTS) is 2. The molecule has 0 radical (unpaired) electrons. The maximum Gasteiger partial charge on any atom is 0.326 e. The molecule has 0 bridgehead atoms. The normalized spacial score (nSPS) is 15.8. The molecule has 3 amide bonds. The standard InChI is InChI=1S/C19H34N4O8/c1-5-10(4)15(19(30)31)23-18(29)13(8-24)22-17(28)12(7-14(25)26)21-16(27)11(20)6-9(2)3/h9-13,15,24H,5-8,20H2,1-4H3,(H,21,27)(H,22,28)(H,23,29)(H,25,26)(H,30,31). The van der Waals surface area contributed by atoms with E-state index in [1.165, 1.54) is 0 Å². The van der Waals surface area contributed by atoms with Gasteiger partial charge in [0, 0.05) is 0 Å². The highest BCUT2D eigenvalue weighted by atomic mass is 16.4. The van der Waals surface area contributed by atoms with E-state index >= 15 is 0 Å². The van der Waals surface area contributed by atoms with Crippen LogP contribution in [0.3, 0.4) is 0 Å². The molecule has 12 heteroatoms. The summed E-state index contributed by atoms with van der Waals surface area (Å²) in [5.74, 6) is -5.72. The van der Waals surface area contributed by atoms with Crippen LogP contribution in [-0.4, -0.2) is 75.8 Å². The zero-order chi connectivity index (χ0) is 24.3. The molecule has 178 valence electrons. The molecule has 0 rings (SSSR count). The Morgan fingerprint density at radius 1 is 0.871 bits per heavy atom. The molecule has 5 atom stereocenters. The Morgan fingerprint density at radius 3 is 1.81 bits per heavy atom. The Hall–Kier alpha value is -2.73. The van der Waals surface area contributed by atoms with Crippen molar-refractivity contribution in [3.63, 3.8) is 0 Å². The van der Waals surface area contributed by atoms with Gasteiger partial charge in [-0.3, -0.25) is 19.2 Å². The number of carboxylic acids is 2. The van der Waals surface area contributed by atoms with Crippen molar-refractivity contribution in [3.05, 3.63) is 0 Å². The minimum Gasteiger partial charge on any atom is -0.481 e. The molecule has 5 unspecified atom stereocenters. The molecule has 12 nitrogen and oxygen atoms in total. The largest absolute Gasteiger partial charge is 0.481 e. The third-order valence-corrected chi connectivity index (χ3v) is 4.67. The number of nitrogens with one attached hydrogen (secondary N) is 3. The second kappa shape index (κ2) is 13.5. The van der Waals surface area contributed by atoms with E-state index in [0.717, 1.165) is 0 Å². The third-order valence-electron chi connectivity index (χ3n) is 4.67. The van der Waals surface area contributed by atoms with Gasteiger partial charge in [0.1, 0.15) is 18.1 Å². The minimum absolute atomic E-state index is 0.0858. The van der Waals surface area contributed by atoms with E-state index in [4.69, 9.17) is 10.8 Å². The van der Waals surface area contributed by atoms with Crippen molar-refractivity contribution in [3.8, 4) is 0 Å². The number of hydrogen-bond donors (Lipinski definition) is 7. The maximum absolute atomic E-state index is 12.5. The van der Waals surface area contributed by atoms with Gasteiger partial charge in [0.25, 0.3) is 0 Å². The van der Waals surface area contributed by atoms with Crippen LogP contribution in [0.25, 0.3) is 0 Å². The van der Waals surface area contributed by atoms with Crippen LogP contribution in [-0.2, 0) is 24.0 Å². The summed E-state index contributed by atoms with van der Waals surface area (Å²) in [6, 6.07) is -5.30. The fourth-order valence-electron chi connectivity index (χ4n) is 2.68. The smallest absolute Gasteiger partial charge is 0.326 e. The van der Waals surface area contributed by atoms with Crippen molar-refractivity contribution in [2.45, 2.75) is 71.1 Å². The van der Waals surface area contributed by atoms with E-state index in [1.54, 1.807) is 13.8 Å². The van der Waals surface area contributed by atoms with Gasteiger partial charge in [-0.1, -0.05) is 34.1 Å². The predicted octanol–water partition coefficient (Wildman–Crippen LogP) is -1.59. The van der Waals surface area contributed by atoms with Crippen molar-refractivity contribution >= 4 is 29.7 Å². The Morgan fingerprint density at radius 2 is 1.39 bits per heavy atom. The van der Waals surface area contributed by atoms with Crippen LogP contribution in [0.15, 0.2) is 0 Å². The van der Waals surface area contributed by atoms with E-state index in [-0.39, 0.29) is 5.92 Å². The number of amides is 3. The molecule has 31 heavy (non-hydrogen) atoms. The van der Waals surface area contributed by atoms with Crippen molar-refractivity contribution in [2.24, 2.45) is 17.6 Å². The summed E-state index contributed by atoms with van der Waals surface area (Å²) in [7, 11) is 0. The van der Waals surface area contributed by atoms with Crippen LogP contribution in [0, 0.1) is 11.8 Å². The number of rotatable bonds is 14. The van der Waals surface area contributed by atoms with E-state index in [0.29, 0.717) is 12.8 Å². The Labute approximate surface area is 180 Å². The van der Waals surface area contributed by atoms with Crippen LogP contribution in [0.5, 0.6) is 0 Å². The molecule has 0 aliphatic heterocycles. The van der Waals surface area contributed by atoms with Crippen molar-refractivity contribution in [1.29, 1.82) is 0 Å². The topological polar surface area (TPSA) is 208 Å². The molecule has 0 aliphatic rings. The van der Waals surface area contributed by atoms with Gasteiger partial charge in [-0.25, -0.2) is 4.79 Å². The number of aliphatic hydroxyl groups excluding tert-OH is 1. The Bertz CT molecular complexity index is 655. The second-order valence-electron chi connectivity index (χ2n) is 7.85. The van der Waals surface area contributed by atoms with Gasteiger partial charge in [0.2, 0.25) is 17.7 Å². The van der Waals surface area contributed by atoms with Crippen LogP contribution in [0.2, 0.25) is 0 Å². The fraction of sp³-hybridized carbons (Fsp3) is 0.737. The summed E-state index contributed by atoms with van der Waals surface area (Å²) < 4.78 is 0. The Balaban J connectivity index is 5.30. The summed E-state index contributed by atoms with van der Waals surface area (Å²) in [5, 5.41) is 34.4. The molecule has 8 N–H and O–H groups in total. The predicted molar refractivity (Wildman–Crippen MR) is 110 cm³/mol. The second-order valence-corrected chi connectivity index (χ2v) is 7.85. The Kier molecular flexibility index (Phi) is 12.4. The highest BCUT2D eigenvalue weighted by molar-refractivity contribution is 5.95. The lowest BCUT2D eigenvalue weighted by Gasteiger charge is -2.25. The zero-order valence-corrected chi connectivity index (χ0v) is 18.3. The quantitative estimate of drug-likeness (QED) is 0.164. The molecule has 0 aromatic rings. The van der Waals surface area contributed by atoms with Crippen LogP contribution < -0.4 is 21.7 Å². The van der Waals surface area contributed by atoms with E-state index in [9.17, 15) is 34.2 Å². The first-order valence-electron chi connectivity index (χ1n) is 10.1. The van der Waals surface area contributed by atoms with Crippen molar-refractivity contribution in [1.82, 2.24) is 16.0 Å². The molecule has 0 aromatic heterocycles. The van der Waals surface area contributed by atoms with Crippen LogP contribution in [0.1, 0.15) is 47.0 Å². The summed E-state index contributed by atoms with van der Waals surface area (Å²) in [4.78, 5) is 59.5. The van der Waals surface area contributed by atoms with Gasteiger partial charge in [0.05, 0.1) is 19.1 Å². The molecule has 0 heterocycles. The molecule has 0 saturated heterocycles. The first-order valence-corrected chi connectivity index (χ1v) is 10.1. The monoisotopic (exact) mass is 446 g/mol. The average molecular weight is 447 g/mol. The summed E-state index contributed by atoms with van der Waals surface area (Å²) in [6.45, 7) is 6.16. The lowest BCUT2D eigenvalue weighted by molar-refractivity contribution is -0.144. The highest BCUT2D eigenvalue weighted by Crippen LogP contribution is 2.08. The lowest BCUT2D eigenvalue weighted by Crippen LogP contribution is -2.59. The molecular formula is C19H34N4O8. The number of carbonyl (C=O) groups is 5. The number of carbonyl (C=O) groups excluding carboxylic acids is 3. The zero-order valence-electron chi connectivity index (χ0n) is 18.3. The average Bonchev–Trinajstić information content (AvgIpc) is 2.67. The molecule has 0 fully saturated rings. The summed E-state index contributed by atoms with van der Waals surface area (Å²) in [5.41, 5.74) is 5.75. The molecule has 0 aromatic carbocycles. The first kappa shape index (κ1) is 28.3. The van der Waals surface area contributed by atoms with Crippen LogP contribution in [0.4, 0.5) is 0 Å². The number of aliphatic hydroxyl groups is 1. The highest BCUT2D eigenvalue weighted by Gasteiger charge is 2.32. The first-order chi connectivity index (χ1) is 14.3. The van der Waals surface area contributed by atoms with Crippen molar-refractivity contribution < 1.29 is 39.3 Å². The van der Waals surface area contributed by atoms with Gasteiger partial charge in [-0.2, -0.15) is 0 Å².